The summed E-state index contributed by atoms with van der Waals surface area (Å²) in [4.78, 5) is 0. The molecule has 0 aromatic heterocycles. The Morgan fingerprint density at radius 2 is 1.10 bits per heavy atom. The molecule has 13 heteroatoms. The van der Waals surface area contributed by atoms with Crippen LogP contribution in [0, 0.1) is 0 Å². The summed E-state index contributed by atoms with van der Waals surface area (Å²) in [6.45, 7) is -0.878. The number of hydrogen-bond donors (Lipinski definition) is 0. The molecule has 0 aliphatic heterocycles. The Labute approximate surface area is 108 Å². The molecule has 0 bridgehead atoms. The molecule has 21 heavy (non-hydrogen) atoms. The Morgan fingerprint density at radius 3 is 1.33 bits per heavy atom. The van der Waals surface area contributed by atoms with Gasteiger partial charge in [-0.15, -0.1) is 0 Å². The summed E-state index contributed by atoms with van der Waals surface area (Å²) in [6, 6.07) is 0. The second kappa shape index (κ2) is 5.39. The largest absolute Gasteiger partial charge is 0.460 e. The van der Waals surface area contributed by atoms with Crippen molar-refractivity contribution >= 4 is 0 Å². The topological polar surface area (TPSA) is 9.23 Å². The van der Waals surface area contributed by atoms with Gasteiger partial charge in [-0.05, 0) is 6.92 Å². The van der Waals surface area contributed by atoms with Gasteiger partial charge in [-0.25, -0.2) is 8.78 Å². The van der Waals surface area contributed by atoms with E-state index in [0.717, 1.165) is 0 Å². The molecule has 1 atom stereocenters. The number of alkyl halides is 12. The normalized spacial score (nSPS) is 18.0. The van der Waals surface area contributed by atoms with E-state index in [9.17, 15) is 52.7 Å². The van der Waals surface area contributed by atoms with Crippen molar-refractivity contribution in [2.24, 2.45) is 0 Å². The Kier molecular flexibility index (Phi) is 5.17. The molecule has 0 N–H and O–H groups in total. The van der Waals surface area contributed by atoms with Crippen molar-refractivity contribution < 1.29 is 57.4 Å². The van der Waals surface area contributed by atoms with E-state index < -0.39 is 42.8 Å². The first-order chi connectivity index (χ1) is 9.00. The van der Waals surface area contributed by atoms with Crippen molar-refractivity contribution in [3.8, 4) is 0 Å². The fourth-order valence-corrected chi connectivity index (χ4v) is 1.09. The summed E-state index contributed by atoms with van der Waals surface area (Å²) in [5.41, 5.74) is 0. The monoisotopic (exact) mass is 346 g/mol. The fraction of sp³-hybridized carbons (Fsp3) is 1.00. The van der Waals surface area contributed by atoms with Gasteiger partial charge >= 0.3 is 36.2 Å². The van der Waals surface area contributed by atoms with Gasteiger partial charge in [0.15, 0.2) is 0 Å². The molecule has 0 aromatic rings. The van der Waals surface area contributed by atoms with E-state index in [4.69, 9.17) is 0 Å². The van der Waals surface area contributed by atoms with Crippen molar-refractivity contribution in [2.75, 3.05) is 6.61 Å². The van der Waals surface area contributed by atoms with Crippen LogP contribution in [0.4, 0.5) is 52.7 Å². The van der Waals surface area contributed by atoms with Crippen LogP contribution in [0.3, 0.4) is 0 Å². The van der Waals surface area contributed by atoms with E-state index in [0.29, 0.717) is 6.92 Å². The van der Waals surface area contributed by atoms with Crippen molar-refractivity contribution in [3.05, 3.63) is 0 Å². The van der Waals surface area contributed by atoms with Gasteiger partial charge in [0.2, 0.25) is 0 Å². The average Bonchev–Trinajstić information content (AvgIpc) is 2.26. The predicted octanol–water partition coefficient (Wildman–Crippen LogP) is 4.42. The van der Waals surface area contributed by atoms with Crippen LogP contribution >= 0.6 is 0 Å². The van der Waals surface area contributed by atoms with Crippen LogP contribution in [0.5, 0.6) is 0 Å². The van der Waals surface area contributed by atoms with E-state index in [1.165, 1.54) is 0 Å². The van der Waals surface area contributed by atoms with Gasteiger partial charge in [0.05, 0.1) is 0 Å². The highest BCUT2D eigenvalue weighted by Gasteiger charge is 2.88. The zero-order valence-electron chi connectivity index (χ0n) is 9.73. The second-order valence-electron chi connectivity index (χ2n) is 3.60. The van der Waals surface area contributed by atoms with Crippen LogP contribution < -0.4 is 0 Å². The summed E-state index contributed by atoms with van der Waals surface area (Å²) in [5.74, 6) is -28.2. The molecule has 0 radical (unpaired) electrons. The summed E-state index contributed by atoms with van der Waals surface area (Å²) in [7, 11) is 0. The highest BCUT2D eigenvalue weighted by Crippen LogP contribution is 2.58. The quantitative estimate of drug-likeness (QED) is 0.647. The Morgan fingerprint density at radius 1 is 0.714 bits per heavy atom. The Bertz CT molecular complexity index is 361. The lowest BCUT2D eigenvalue weighted by atomic mass is 9.97. The number of ether oxygens (including phenoxy) is 1. The highest BCUT2D eigenvalue weighted by molar-refractivity contribution is 5.07. The molecular weight excluding hydrogens is 340 g/mol. The van der Waals surface area contributed by atoms with Crippen LogP contribution in [-0.2, 0) is 4.74 Å². The number of halogens is 12. The van der Waals surface area contributed by atoms with Crippen LogP contribution in [-0.4, -0.2) is 42.8 Å². The minimum Gasteiger partial charge on any atom is -0.337 e. The van der Waals surface area contributed by atoms with E-state index in [-0.39, 0.29) is 0 Å². The SMILES string of the molecule is CCOC(F)(C(F)F)C(F)(F)C(F)(F)C(F)(F)C(F)(F)F. The predicted molar refractivity (Wildman–Crippen MR) is 42.4 cm³/mol. The van der Waals surface area contributed by atoms with Gasteiger partial charge in [-0.2, -0.15) is 43.9 Å². The zero-order valence-corrected chi connectivity index (χ0v) is 9.73. The summed E-state index contributed by atoms with van der Waals surface area (Å²) in [6.07, 6.45) is -12.4. The molecule has 0 aromatic carbocycles. The third-order valence-electron chi connectivity index (χ3n) is 2.21. The smallest absolute Gasteiger partial charge is 0.337 e. The van der Waals surface area contributed by atoms with E-state index >= 15 is 0 Å². The van der Waals surface area contributed by atoms with Crippen LogP contribution in [0.2, 0.25) is 0 Å². The number of rotatable bonds is 6. The van der Waals surface area contributed by atoms with Crippen molar-refractivity contribution in [3.63, 3.8) is 0 Å². The van der Waals surface area contributed by atoms with Gasteiger partial charge in [0.25, 0.3) is 0 Å². The summed E-state index contributed by atoms with van der Waals surface area (Å²) < 4.78 is 152. The van der Waals surface area contributed by atoms with Gasteiger partial charge in [-0.1, -0.05) is 0 Å². The van der Waals surface area contributed by atoms with Crippen molar-refractivity contribution in [1.29, 1.82) is 0 Å². The van der Waals surface area contributed by atoms with E-state index in [1.807, 2.05) is 0 Å². The minimum absolute atomic E-state index is 0.548. The van der Waals surface area contributed by atoms with E-state index in [2.05, 4.69) is 4.74 Å². The first-order valence-corrected chi connectivity index (χ1v) is 4.81. The van der Waals surface area contributed by atoms with Gasteiger partial charge in [-0.3, -0.25) is 0 Å². The summed E-state index contributed by atoms with van der Waals surface area (Å²) in [5, 5.41) is 0. The molecule has 1 unspecified atom stereocenters. The summed E-state index contributed by atoms with van der Waals surface area (Å²) >= 11 is 0. The highest BCUT2D eigenvalue weighted by atomic mass is 19.4. The van der Waals surface area contributed by atoms with Gasteiger partial charge in [0, 0.05) is 6.61 Å². The van der Waals surface area contributed by atoms with Crippen molar-refractivity contribution in [2.45, 2.75) is 43.1 Å². The molecule has 0 saturated carbocycles. The maximum Gasteiger partial charge on any atom is 0.460 e. The average molecular weight is 346 g/mol. The van der Waals surface area contributed by atoms with Gasteiger partial charge in [0.1, 0.15) is 0 Å². The lowest BCUT2D eigenvalue weighted by Gasteiger charge is -2.39. The standard InChI is InChI=1S/C8H6F12O/c1-2-21-4(11,3(9)10)5(12,13)6(14,15)7(16,17)8(18,19)20/h3H,2H2,1H3. The Balaban J connectivity index is 6.09. The minimum atomic E-state index is -7.53. The fourth-order valence-electron chi connectivity index (χ4n) is 1.09. The third kappa shape index (κ3) is 2.75. The van der Waals surface area contributed by atoms with Crippen LogP contribution in [0.1, 0.15) is 6.92 Å². The van der Waals surface area contributed by atoms with E-state index in [1.54, 1.807) is 0 Å². The third-order valence-corrected chi connectivity index (χ3v) is 2.21. The molecule has 128 valence electrons. The van der Waals surface area contributed by atoms with Gasteiger partial charge < -0.3 is 4.74 Å². The lowest BCUT2D eigenvalue weighted by molar-refractivity contribution is -0.445. The molecule has 1 nitrogen and oxygen atoms in total. The molecule has 0 heterocycles. The molecule has 0 rings (SSSR count). The van der Waals surface area contributed by atoms with Crippen LogP contribution in [0.15, 0.2) is 0 Å². The lowest BCUT2D eigenvalue weighted by Crippen LogP contribution is -2.69. The molecular formula is C8H6F12O. The molecule has 0 fully saturated rings. The zero-order chi connectivity index (χ0) is 17.5. The molecule has 0 spiro atoms. The number of hydrogen-bond acceptors (Lipinski definition) is 1. The first-order valence-electron chi connectivity index (χ1n) is 4.81. The van der Waals surface area contributed by atoms with Crippen molar-refractivity contribution in [1.82, 2.24) is 0 Å². The first kappa shape index (κ1) is 20.1. The second-order valence-corrected chi connectivity index (χ2v) is 3.60. The van der Waals surface area contributed by atoms with Crippen LogP contribution in [0.25, 0.3) is 0 Å². The molecule has 0 saturated heterocycles. The molecule has 0 aliphatic rings. The maximum atomic E-state index is 13.2. The molecule has 0 aliphatic carbocycles. The molecule has 0 amide bonds. The maximum absolute atomic E-state index is 13.2. The Hall–Kier alpha value is -0.880.